The van der Waals surface area contributed by atoms with Crippen LogP contribution in [0.1, 0.15) is 37.6 Å². The Bertz CT molecular complexity index is 1260. The lowest BCUT2D eigenvalue weighted by Gasteiger charge is -2.22. The van der Waals surface area contributed by atoms with Crippen molar-refractivity contribution in [1.82, 2.24) is 9.78 Å². The zero-order valence-corrected chi connectivity index (χ0v) is 20.0. The molecule has 0 bridgehead atoms. The summed E-state index contributed by atoms with van der Waals surface area (Å²) in [6, 6.07) is 22.4. The number of carbonyl (C=O) groups excluding carboxylic acids is 1. The van der Waals surface area contributed by atoms with Crippen molar-refractivity contribution in [3.05, 3.63) is 83.6 Å². The van der Waals surface area contributed by atoms with Crippen molar-refractivity contribution in [3.8, 4) is 5.88 Å². The number of hydrogen-bond donors (Lipinski definition) is 0. The van der Waals surface area contributed by atoms with Crippen molar-refractivity contribution < 1.29 is 9.53 Å². The maximum atomic E-state index is 13.1. The lowest BCUT2D eigenvalue weighted by atomic mass is 10.0. The van der Waals surface area contributed by atoms with E-state index in [-0.39, 0.29) is 17.9 Å². The maximum Gasteiger partial charge on any atom is 0.317 e. The average molecular weight is 445 g/mol. The van der Waals surface area contributed by atoms with E-state index >= 15 is 0 Å². The van der Waals surface area contributed by atoms with Crippen LogP contribution in [0.5, 0.6) is 5.88 Å². The number of carbonyl (C=O) groups is 1. The number of aromatic nitrogens is 2. The maximum absolute atomic E-state index is 13.1. The summed E-state index contributed by atoms with van der Waals surface area (Å²) >= 11 is 1.58. The molecule has 0 atom stereocenters. The minimum atomic E-state index is -0.327. The molecule has 1 aromatic heterocycles. The second-order valence-corrected chi connectivity index (χ2v) is 10.1. The highest BCUT2D eigenvalue weighted by Gasteiger charge is 2.27. The highest BCUT2D eigenvalue weighted by molar-refractivity contribution is 7.99. The van der Waals surface area contributed by atoms with Gasteiger partial charge in [0.1, 0.15) is 0 Å². The smallest absolute Gasteiger partial charge is 0.317 e. The van der Waals surface area contributed by atoms with Gasteiger partial charge in [-0.25, -0.2) is 4.68 Å². The summed E-state index contributed by atoms with van der Waals surface area (Å²) in [6.07, 6.45) is 0.199. The number of ether oxygens (including phenoxy) is 1. The number of aryl methyl sites for hydroxylation is 2. The summed E-state index contributed by atoms with van der Waals surface area (Å²) in [5.41, 5.74) is 2.68. The standard InChI is InChI=1S/C27H28N2O2S/c1-18-13-15-22(16-14-18)32-25-19(2)28-29(27(3,4)5)26(25)31-24(30)17-21-11-8-10-20-9-6-7-12-23(20)21/h6-16H,17H2,1-5H3. The van der Waals surface area contributed by atoms with Crippen LogP contribution in [0.3, 0.4) is 0 Å². The van der Waals surface area contributed by atoms with E-state index in [0.29, 0.717) is 5.88 Å². The molecule has 0 spiro atoms. The first-order valence-electron chi connectivity index (χ1n) is 10.7. The summed E-state index contributed by atoms with van der Waals surface area (Å²) in [4.78, 5) is 15.0. The molecular formula is C27H28N2O2S. The Morgan fingerprint density at radius 1 is 0.969 bits per heavy atom. The molecule has 0 aliphatic rings. The molecule has 0 amide bonds. The van der Waals surface area contributed by atoms with Gasteiger partial charge in [0.05, 0.1) is 22.5 Å². The van der Waals surface area contributed by atoms with Gasteiger partial charge in [0.15, 0.2) is 0 Å². The zero-order chi connectivity index (χ0) is 22.9. The largest absolute Gasteiger partial charge is 0.406 e. The monoisotopic (exact) mass is 444 g/mol. The third kappa shape index (κ3) is 4.73. The van der Waals surface area contributed by atoms with E-state index in [1.807, 2.05) is 41.9 Å². The Hall–Kier alpha value is -3.05. The number of rotatable bonds is 5. The molecule has 4 nitrogen and oxygen atoms in total. The molecule has 164 valence electrons. The van der Waals surface area contributed by atoms with E-state index in [1.165, 1.54) is 5.56 Å². The van der Waals surface area contributed by atoms with E-state index in [1.54, 1.807) is 11.8 Å². The van der Waals surface area contributed by atoms with Crippen LogP contribution in [0, 0.1) is 13.8 Å². The highest BCUT2D eigenvalue weighted by atomic mass is 32.2. The third-order valence-electron chi connectivity index (χ3n) is 5.27. The zero-order valence-electron chi connectivity index (χ0n) is 19.2. The second-order valence-electron chi connectivity index (χ2n) is 9.01. The van der Waals surface area contributed by atoms with Crippen molar-refractivity contribution in [2.75, 3.05) is 0 Å². The second kappa shape index (κ2) is 8.83. The van der Waals surface area contributed by atoms with Gasteiger partial charge in [-0.2, -0.15) is 5.10 Å². The molecule has 0 fully saturated rings. The van der Waals surface area contributed by atoms with Crippen molar-refractivity contribution in [2.45, 2.75) is 56.4 Å². The van der Waals surface area contributed by atoms with Crippen LogP contribution < -0.4 is 4.74 Å². The van der Waals surface area contributed by atoms with Gasteiger partial charge in [0.2, 0.25) is 5.88 Å². The van der Waals surface area contributed by atoms with Gasteiger partial charge in [-0.3, -0.25) is 4.79 Å². The van der Waals surface area contributed by atoms with Gasteiger partial charge in [0, 0.05) is 4.90 Å². The molecule has 0 aliphatic carbocycles. The predicted molar refractivity (Wildman–Crippen MR) is 131 cm³/mol. The van der Waals surface area contributed by atoms with Crippen LogP contribution in [-0.2, 0) is 16.8 Å². The first-order valence-corrected chi connectivity index (χ1v) is 11.6. The van der Waals surface area contributed by atoms with Crippen LogP contribution in [0.2, 0.25) is 0 Å². The molecule has 3 aromatic carbocycles. The molecule has 1 heterocycles. The van der Waals surface area contributed by atoms with Crippen molar-refractivity contribution in [2.24, 2.45) is 0 Å². The normalized spacial score (nSPS) is 11.7. The molecular weight excluding hydrogens is 416 g/mol. The predicted octanol–water partition coefficient (Wildman–Crippen LogP) is 6.71. The van der Waals surface area contributed by atoms with E-state index in [0.717, 1.165) is 31.8 Å². The van der Waals surface area contributed by atoms with Crippen LogP contribution in [0.4, 0.5) is 0 Å². The third-order valence-corrected chi connectivity index (χ3v) is 6.45. The van der Waals surface area contributed by atoms with Crippen LogP contribution >= 0.6 is 11.8 Å². The van der Waals surface area contributed by atoms with Gasteiger partial charge >= 0.3 is 5.97 Å². The van der Waals surface area contributed by atoms with Crippen molar-refractivity contribution in [1.29, 1.82) is 0 Å². The Morgan fingerprint density at radius 2 is 1.66 bits per heavy atom. The number of fused-ring (bicyclic) bond motifs is 1. The fourth-order valence-corrected chi connectivity index (χ4v) is 4.54. The topological polar surface area (TPSA) is 44.1 Å². The average Bonchev–Trinajstić information content (AvgIpc) is 3.05. The van der Waals surface area contributed by atoms with E-state index < -0.39 is 0 Å². The van der Waals surface area contributed by atoms with Gasteiger partial charge in [-0.1, -0.05) is 71.9 Å². The minimum Gasteiger partial charge on any atom is -0.406 e. The Morgan fingerprint density at radius 3 is 2.38 bits per heavy atom. The minimum absolute atomic E-state index is 0.199. The fraction of sp³-hybridized carbons (Fsp3) is 0.259. The number of esters is 1. The number of nitrogens with zero attached hydrogens (tertiary/aromatic N) is 2. The Balaban J connectivity index is 1.66. The molecule has 5 heteroatoms. The summed E-state index contributed by atoms with van der Waals surface area (Å²) in [6.45, 7) is 10.2. The molecule has 0 aliphatic heterocycles. The van der Waals surface area contributed by atoms with Gasteiger partial charge in [-0.15, -0.1) is 0 Å². The van der Waals surface area contributed by atoms with Gasteiger partial charge < -0.3 is 4.74 Å². The molecule has 0 saturated heterocycles. The van der Waals surface area contributed by atoms with Crippen molar-refractivity contribution in [3.63, 3.8) is 0 Å². The summed E-state index contributed by atoms with van der Waals surface area (Å²) in [5.74, 6) is 0.211. The summed E-state index contributed by atoms with van der Waals surface area (Å²) in [7, 11) is 0. The lowest BCUT2D eigenvalue weighted by Crippen LogP contribution is -2.26. The van der Waals surface area contributed by atoms with E-state index in [2.05, 4.69) is 64.1 Å². The molecule has 0 N–H and O–H groups in total. The molecule has 4 rings (SSSR count). The van der Waals surface area contributed by atoms with Gasteiger partial charge in [-0.05, 0) is 63.1 Å². The van der Waals surface area contributed by atoms with E-state index in [9.17, 15) is 4.79 Å². The molecule has 0 radical (unpaired) electrons. The highest BCUT2D eigenvalue weighted by Crippen LogP contribution is 2.40. The lowest BCUT2D eigenvalue weighted by molar-refractivity contribution is -0.134. The molecule has 0 saturated carbocycles. The molecule has 0 unspecified atom stereocenters. The molecule has 32 heavy (non-hydrogen) atoms. The SMILES string of the molecule is Cc1ccc(Sc2c(C)nn(C(C)(C)C)c2OC(=O)Cc2cccc3ccccc23)cc1. The Labute approximate surface area is 193 Å². The molecule has 4 aromatic rings. The van der Waals surface area contributed by atoms with Crippen LogP contribution in [0.25, 0.3) is 10.8 Å². The number of hydrogen-bond acceptors (Lipinski definition) is 4. The van der Waals surface area contributed by atoms with Crippen LogP contribution in [0.15, 0.2) is 76.5 Å². The van der Waals surface area contributed by atoms with Gasteiger partial charge in [0.25, 0.3) is 0 Å². The quantitative estimate of drug-likeness (QED) is 0.321. The first-order chi connectivity index (χ1) is 15.2. The van der Waals surface area contributed by atoms with Crippen LogP contribution in [-0.4, -0.2) is 15.7 Å². The fourth-order valence-electron chi connectivity index (χ4n) is 3.62. The van der Waals surface area contributed by atoms with E-state index in [4.69, 9.17) is 9.84 Å². The summed E-state index contributed by atoms with van der Waals surface area (Å²) < 4.78 is 7.83. The number of benzene rings is 3. The summed E-state index contributed by atoms with van der Waals surface area (Å²) in [5, 5.41) is 6.91. The van der Waals surface area contributed by atoms with Crippen molar-refractivity contribution >= 4 is 28.5 Å². The Kier molecular flexibility index (Phi) is 6.11. The first kappa shape index (κ1) is 22.2.